The molecule has 190 valence electrons. The summed E-state index contributed by atoms with van der Waals surface area (Å²) in [4.78, 5) is 38.9. The van der Waals surface area contributed by atoms with Crippen LogP contribution in [0.5, 0.6) is 0 Å². The zero-order valence-corrected chi connectivity index (χ0v) is 19.9. The molecule has 0 fully saturated rings. The average molecular weight is 510 g/mol. The second-order valence-electron chi connectivity index (χ2n) is 7.62. The van der Waals surface area contributed by atoms with Gasteiger partial charge in [-0.2, -0.15) is 23.5 Å². The molecule has 0 radical (unpaired) electrons. The number of anilines is 1. The fraction of sp³-hybridized carbons (Fsp3) is 0.160. The molecule has 3 amide bonds. The first-order chi connectivity index (χ1) is 17.6. The maximum atomic E-state index is 13.3. The number of halogens is 3. The molecule has 1 heterocycles. The highest BCUT2D eigenvalue weighted by Crippen LogP contribution is 2.34. The Hall–Kier alpha value is -4.92. The summed E-state index contributed by atoms with van der Waals surface area (Å²) in [6.45, 7) is 1.36. The second kappa shape index (κ2) is 10.8. The molecule has 0 aliphatic heterocycles. The maximum absolute atomic E-state index is 13.3. The number of likely N-dealkylation sites (N-methyl/N-ethyl adjacent to an activating group) is 1. The fourth-order valence-corrected chi connectivity index (χ4v) is 3.62. The van der Waals surface area contributed by atoms with Gasteiger partial charge in [-0.25, -0.2) is 4.68 Å². The van der Waals surface area contributed by atoms with Gasteiger partial charge in [-0.1, -0.05) is 6.07 Å². The molecule has 37 heavy (non-hydrogen) atoms. The number of hydrogen-bond acceptors (Lipinski definition) is 5. The van der Waals surface area contributed by atoms with Crippen molar-refractivity contribution >= 4 is 29.5 Å². The van der Waals surface area contributed by atoms with Crippen LogP contribution in [0.1, 0.15) is 34.1 Å². The van der Waals surface area contributed by atoms with Gasteiger partial charge in [0.2, 0.25) is 6.41 Å². The normalized spacial score (nSPS) is 11.7. The van der Waals surface area contributed by atoms with Crippen LogP contribution >= 0.6 is 0 Å². The van der Waals surface area contributed by atoms with Crippen molar-refractivity contribution in [1.29, 1.82) is 5.26 Å². The van der Waals surface area contributed by atoms with Crippen LogP contribution in [0.25, 0.3) is 11.3 Å². The second-order valence-corrected chi connectivity index (χ2v) is 7.62. The highest BCUT2D eigenvalue weighted by molar-refractivity contribution is 6.23. The maximum Gasteiger partial charge on any atom is 0.416 e. The van der Waals surface area contributed by atoms with Crippen LogP contribution in [0.2, 0.25) is 0 Å². The first-order valence-electron chi connectivity index (χ1n) is 10.7. The van der Waals surface area contributed by atoms with Crippen LogP contribution < -0.4 is 15.5 Å². The smallest absolute Gasteiger partial charge is 0.355 e. The van der Waals surface area contributed by atoms with E-state index in [4.69, 9.17) is 5.26 Å². The predicted octanol–water partition coefficient (Wildman–Crippen LogP) is 3.26. The molecule has 3 rings (SSSR count). The fourth-order valence-electron chi connectivity index (χ4n) is 3.62. The number of allylic oxidation sites excluding steroid dienone is 1. The topological polar surface area (TPSA) is 120 Å². The summed E-state index contributed by atoms with van der Waals surface area (Å²) < 4.78 is 41.2. The van der Waals surface area contributed by atoms with Crippen molar-refractivity contribution in [3.05, 3.63) is 82.8 Å². The lowest BCUT2D eigenvalue weighted by molar-refractivity contribution is -0.137. The van der Waals surface area contributed by atoms with E-state index in [0.29, 0.717) is 11.3 Å². The molecule has 2 N–H and O–H groups in total. The van der Waals surface area contributed by atoms with E-state index in [1.54, 1.807) is 12.1 Å². The van der Waals surface area contributed by atoms with Gasteiger partial charge in [0, 0.05) is 25.5 Å². The molecule has 0 spiro atoms. The van der Waals surface area contributed by atoms with Gasteiger partial charge in [-0.15, -0.1) is 0 Å². The molecular formula is C25H21F3N6O3. The molecule has 0 atom stereocenters. The van der Waals surface area contributed by atoms with E-state index in [2.05, 4.69) is 15.7 Å². The van der Waals surface area contributed by atoms with Crippen molar-refractivity contribution in [3.8, 4) is 11.8 Å². The number of hydrogen-bond donors (Lipinski definition) is 2. The number of carbonyl (C=O) groups excluding carboxylic acids is 3. The average Bonchev–Trinajstić information content (AvgIpc) is 3.33. The van der Waals surface area contributed by atoms with Gasteiger partial charge < -0.3 is 10.6 Å². The number of aromatic nitrogens is 2. The van der Waals surface area contributed by atoms with E-state index in [1.165, 1.54) is 50.1 Å². The number of alkyl halides is 3. The SMILES string of the molecule is CNC(=O)/C(=C(/C)N(C=O)c1cccc(C(F)(F)F)c1)c1c(C(=O)NC)cnn1-c1ccc(C#N)cc1. The van der Waals surface area contributed by atoms with E-state index in [1.807, 2.05) is 6.07 Å². The summed E-state index contributed by atoms with van der Waals surface area (Å²) in [6, 6.07) is 12.1. The zero-order valence-electron chi connectivity index (χ0n) is 19.9. The molecule has 0 aliphatic rings. The minimum atomic E-state index is -4.66. The third kappa shape index (κ3) is 5.35. The minimum Gasteiger partial charge on any atom is -0.355 e. The standard InChI is InChI=1S/C25H21F3N6O3/c1-15(33(14-35)19-6-4-5-17(11-19)25(26,27)28)21(24(37)31-3)22-20(23(36)30-2)13-32-34(22)18-9-7-16(12-29)8-10-18/h4-11,13-14H,1-3H3,(H,30,36)(H,31,37)/b21-15-. The lowest BCUT2D eigenvalue weighted by atomic mass is 10.0. The summed E-state index contributed by atoms with van der Waals surface area (Å²) in [7, 11) is 2.70. The number of nitrogens with zero attached hydrogens (tertiary/aromatic N) is 4. The van der Waals surface area contributed by atoms with Gasteiger partial charge >= 0.3 is 6.18 Å². The van der Waals surface area contributed by atoms with Crippen molar-refractivity contribution < 1.29 is 27.6 Å². The van der Waals surface area contributed by atoms with E-state index < -0.39 is 23.6 Å². The lowest BCUT2D eigenvalue weighted by Gasteiger charge is -2.23. The number of nitriles is 1. The number of rotatable bonds is 7. The van der Waals surface area contributed by atoms with Gasteiger partial charge in [-0.3, -0.25) is 19.3 Å². The largest absolute Gasteiger partial charge is 0.416 e. The van der Waals surface area contributed by atoms with Gasteiger partial charge in [-0.05, 0) is 49.4 Å². The van der Waals surface area contributed by atoms with Crippen molar-refractivity contribution in [1.82, 2.24) is 20.4 Å². The van der Waals surface area contributed by atoms with Gasteiger partial charge in [0.1, 0.15) is 0 Å². The Kier molecular flexibility index (Phi) is 7.77. The highest BCUT2D eigenvalue weighted by Gasteiger charge is 2.32. The number of nitrogens with one attached hydrogen (secondary N) is 2. The summed E-state index contributed by atoms with van der Waals surface area (Å²) >= 11 is 0. The number of amides is 3. The molecule has 12 heteroatoms. The minimum absolute atomic E-state index is 0.0141. The van der Waals surface area contributed by atoms with Crippen LogP contribution in [0.3, 0.4) is 0 Å². The molecule has 0 bridgehead atoms. The Morgan fingerprint density at radius 2 is 1.78 bits per heavy atom. The van der Waals surface area contributed by atoms with Crippen LogP contribution in [-0.4, -0.2) is 42.1 Å². The van der Waals surface area contributed by atoms with E-state index in [-0.39, 0.29) is 34.6 Å². The van der Waals surface area contributed by atoms with E-state index in [9.17, 15) is 27.6 Å². The van der Waals surface area contributed by atoms with Crippen molar-refractivity contribution in [2.24, 2.45) is 0 Å². The summed E-state index contributed by atoms with van der Waals surface area (Å²) in [6.07, 6.45) is -3.17. The first-order valence-corrected chi connectivity index (χ1v) is 10.7. The molecule has 1 aromatic heterocycles. The third-order valence-corrected chi connectivity index (χ3v) is 5.45. The monoisotopic (exact) mass is 510 g/mol. The molecular weight excluding hydrogens is 489 g/mol. The summed E-state index contributed by atoms with van der Waals surface area (Å²) in [5.41, 5.74) is -0.676. The van der Waals surface area contributed by atoms with Crippen LogP contribution in [0, 0.1) is 11.3 Å². The van der Waals surface area contributed by atoms with Crippen molar-refractivity contribution in [3.63, 3.8) is 0 Å². The Morgan fingerprint density at radius 1 is 1.11 bits per heavy atom. The lowest BCUT2D eigenvalue weighted by Crippen LogP contribution is -2.29. The summed E-state index contributed by atoms with van der Waals surface area (Å²) in [5.74, 6) is -1.32. The van der Waals surface area contributed by atoms with Crippen LogP contribution in [0.15, 0.2) is 60.4 Å². The third-order valence-electron chi connectivity index (χ3n) is 5.45. The molecule has 0 saturated heterocycles. The van der Waals surface area contributed by atoms with E-state index >= 15 is 0 Å². The Balaban J connectivity index is 2.34. The first kappa shape index (κ1) is 26.7. The predicted molar refractivity (Wildman–Crippen MR) is 128 cm³/mol. The Labute approximate surface area is 209 Å². The van der Waals surface area contributed by atoms with Gasteiger partial charge in [0.25, 0.3) is 11.8 Å². The van der Waals surface area contributed by atoms with Crippen molar-refractivity contribution in [2.75, 3.05) is 19.0 Å². The van der Waals surface area contributed by atoms with Gasteiger partial charge in [0.05, 0.1) is 45.9 Å². The number of benzene rings is 2. The zero-order chi connectivity index (χ0) is 27.3. The molecule has 0 saturated carbocycles. The highest BCUT2D eigenvalue weighted by atomic mass is 19.4. The quantitative estimate of drug-likeness (QED) is 0.374. The molecule has 3 aromatic rings. The molecule has 2 aromatic carbocycles. The van der Waals surface area contributed by atoms with Crippen molar-refractivity contribution in [2.45, 2.75) is 13.1 Å². The summed E-state index contributed by atoms with van der Waals surface area (Å²) in [5, 5.41) is 18.2. The van der Waals surface area contributed by atoms with E-state index in [0.717, 1.165) is 23.1 Å². The number of carbonyl (C=O) groups is 3. The molecule has 0 unspecified atom stereocenters. The Morgan fingerprint density at radius 3 is 2.32 bits per heavy atom. The Bertz CT molecular complexity index is 1420. The van der Waals surface area contributed by atoms with Crippen LogP contribution in [-0.2, 0) is 15.8 Å². The van der Waals surface area contributed by atoms with Crippen LogP contribution in [0.4, 0.5) is 18.9 Å². The molecule has 9 nitrogen and oxygen atoms in total. The molecule has 0 aliphatic carbocycles. The van der Waals surface area contributed by atoms with Gasteiger partial charge in [0.15, 0.2) is 0 Å².